The van der Waals surface area contributed by atoms with Crippen LogP contribution in [0.1, 0.15) is 12.0 Å². The number of carbonyl (C=O) groups excluding carboxylic acids is 1. The number of thiocarbonyl (C=S) groups is 1. The minimum Gasteiger partial charge on any atom is -0.365 e. The largest absolute Gasteiger partial charge is 0.365 e. The molecule has 0 radical (unpaired) electrons. The zero-order valence-electron chi connectivity index (χ0n) is 8.92. The Morgan fingerprint density at radius 1 is 1.44 bits per heavy atom. The maximum Gasteiger partial charge on any atom is 0.226 e. The molecule has 0 spiro atoms. The van der Waals surface area contributed by atoms with Crippen LogP contribution in [-0.4, -0.2) is 18.1 Å². The summed E-state index contributed by atoms with van der Waals surface area (Å²) >= 11 is 10.8. The van der Waals surface area contributed by atoms with Crippen molar-refractivity contribution in [1.29, 1.82) is 0 Å². The number of benzene rings is 1. The molecule has 0 unspecified atom stereocenters. The number of halogens is 1. The van der Waals surface area contributed by atoms with Crippen LogP contribution >= 0.6 is 23.8 Å². The Labute approximate surface area is 105 Å². The lowest BCUT2D eigenvalue weighted by molar-refractivity contribution is -0.119. The molecule has 0 aliphatic carbocycles. The van der Waals surface area contributed by atoms with E-state index in [4.69, 9.17) is 23.8 Å². The fourth-order valence-corrected chi connectivity index (χ4v) is 1.55. The van der Waals surface area contributed by atoms with E-state index >= 15 is 0 Å². The molecule has 1 amide bonds. The van der Waals surface area contributed by atoms with Crippen LogP contribution in [0.2, 0.25) is 5.02 Å². The van der Waals surface area contributed by atoms with Crippen LogP contribution in [-0.2, 0) is 11.2 Å². The van der Waals surface area contributed by atoms with E-state index in [0.717, 1.165) is 5.56 Å². The first-order valence-electron chi connectivity index (χ1n) is 4.88. The van der Waals surface area contributed by atoms with Crippen LogP contribution < -0.4 is 10.6 Å². The number of amides is 1. The van der Waals surface area contributed by atoms with Crippen molar-refractivity contribution in [2.45, 2.75) is 12.8 Å². The van der Waals surface area contributed by atoms with Crippen molar-refractivity contribution in [3.63, 3.8) is 0 Å². The summed E-state index contributed by atoms with van der Waals surface area (Å²) in [5.41, 5.74) is 0.967. The van der Waals surface area contributed by atoms with Crippen LogP contribution in [0, 0.1) is 0 Å². The third-order valence-corrected chi connectivity index (χ3v) is 2.73. The number of carbonyl (C=O) groups is 1. The molecule has 1 rings (SSSR count). The van der Waals surface area contributed by atoms with Gasteiger partial charge in [-0.1, -0.05) is 29.8 Å². The molecule has 0 aromatic heterocycles. The van der Waals surface area contributed by atoms with Crippen LogP contribution in [0.25, 0.3) is 0 Å². The molecule has 0 aliphatic rings. The molecule has 0 heterocycles. The number of hydrogen-bond acceptors (Lipinski definition) is 2. The Bertz CT molecular complexity index is 395. The molecule has 5 heteroatoms. The lowest BCUT2D eigenvalue weighted by atomic mass is 10.1. The minimum absolute atomic E-state index is 0.112. The van der Waals surface area contributed by atoms with Gasteiger partial charge in [0.25, 0.3) is 0 Å². The highest BCUT2D eigenvalue weighted by molar-refractivity contribution is 7.80. The molecule has 0 bridgehead atoms. The van der Waals surface area contributed by atoms with Gasteiger partial charge >= 0.3 is 0 Å². The average molecular weight is 257 g/mol. The predicted molar refractivity (Wildman–Crippen MR) is 69.6 cm³/mol. The van der Waals surface area contributed by atoms with Crippen LogP contribution in [0.5, 0.6) is 0 Å². The van der Waals surface area contributed by atoms with Crippen molar-refractivity contribution in [2.24, 2.45) is 0 Å². The lowest BCUT2D eigenvalue weighted by Crippen LogP contribution is -2.37. The van der Waals surface area contributed by atoms with Gasteiger partial charge in [0.1, 0.15) is 0 Å². The molecule has 2 N–H and O–H groups in total. The standard InChI is InChI=1S/C11H13ClN2OS/c1-13-11(16)14-10(15)7-6-8-4-2-3-5-9(8)12/h2-5H,6-7H2,1H3,(H2,13,14,15,16). The molecule has 1 aromatic carbocycles. The number of hydrogen-bond donors (Lipinski definition) is 2. The monoisotopic (exact) mass is 256 g/mol. The molecular weight excluding hydrogens is 244 g/mol. The summed E-state index contributed by atoms with van der Waals surface area (Å²) in [6.07, 6.45) is 0.976. The molecular formula is C11H13ClN2OS. The summed E-state index contributed by atoms with van der Waals surface area (Å²) < 4.78 is 0. The third kappa shape index (κ3) is 4.16. The Hall–Kier alpha value is -1.13. The number of rotatable bonds is 3. The van der Waals surface area contributed by atoms with Crippen molar-refractivity contribution in [3.8, 4) is 0 Å². The molecule has 0 fully saturated rings. The molecule has 3 nitrogen and oxygen atoms in total. The second-order valence-corrected chi connectivity index (χ2v) is 4.03. The molecule has 0 aliphatic heterocycles. The van der Waals surface area contributed by atoms with E-state index < -0.39 is 0 Å². The van der Waals surface area contributed by atoms with Crippen molar-refractivity contribution in [2.75, 3.05) is 7.05 Å². The zero-order chi connectivity index (χ0) is 12.0. The first kappa shape index (κ1) is 12.9. The van der Waals surface area contributed by atoms with E-state index in [2.05, 4.69) is 10.6 Å². The van der Waals surface area contributed by atoms with Gasteiger partial charge < -0.3 is 10.6 Å². The maximum absolute atomic E-state index is 11.4. The smallest absolute Gasteiger partial charge is 0.226 e. The Balaban J connectivity index is 2.43. The van der Waals surface area contributed by atoms with E-state index in [-0.39, 0.29) is 5.91 Å². The Kier molecular flexibility index (Phi) is 5.22. The maximum atomic E-state index is 11.4. The summed E-state index contributed by atoms with van der Waals surface area (Å²) in [4.78, 5) is 11.4. The van der Waals surface area contributed by atoms with Crippen molar-refractivity contribution in [3.05, 3.63) is 34.9 Å². The van der Waals surface area contributed by atoms with E-state index in [9.17, 15) is 4.79 Å². The highest BCUT2D eigenvalue weighted by atomic mass is 35.5. The van der Waals surface area contributed by atoms with Gasteiger partial charge in [0.05, 0.1) is 0 Å². The van der Waals surface area contributed by atoms with Crippen molar-refractivity contribution >= 4 is 34.8 Å². The van der Waals surface area contributed by atoms with Gasteiger partial charge in [-0.2, -0.15) is 0 Å². The summed E-state index contributed by atoms with van der Waals surface area (Å²) in [5.74, 6) is -0.112. The highest BCUT2D eigenvalue weighted by Crippen LogP contribution is 2.16. The molecule has 0 saturated carbocycles. The topological polar surface area (TPSA) is 41.1 Å². The van der Waals surface area contributed by atoms with Crippen LogP contribution in [0.15, 0.2) is 24.3 Å². The fraction of sp³-hybridized carbons (Fsp3) is 0.273. The van der Waals surface area contributed by atoms with E-state index in [1.807, 2.05) is 24.3 Å². The average Bonchev–Trinajstić information content (AvgIpc) is 2.28. The summed E-state index contributed by atoms with van der Waals surface area (Å²) in [6, 6.07) is 7.48. The van der Waals surface area contributed by atoms with Gasteiger partial charge in [0.15, 0.2) is 5.11 Å². The van der Waals surface area contributed by atoms with Gasteiger partial charge in [-0.05, 0) is 30.3 Å². The highest BCUT2D eigenvalue weighted by Gasteiger charge is 2.05. The van der Waals surface area contributed by atoms with Gasteiger partial charge in [0.2, 0.25) is 5.91 Å². The summed E-state index contributed by atoms with van der Waals surface area (Å²) in [7, 11) is 1.66. The SMILES string of the molecule is CNC(=S)NC(=O)CCc1ccccc1Cl. The Morgan fingerprint density at radius 2 is 2.12 bits per heavy atom. The van der Waals surface area contributed by atoms with Gasteiger partial charge in [0, 0.05) is 18.5 Å². The van der Waals surface area contributed by atoms with Gasteiger partial charge in [-0.25, -0.2) is 0 Å². The minimum atomic E-state index is -0.112. The van der Waals surface area contributed by atoms with E-state index in [1.54, 1.807) is 7.05 Å². The molecule has 1 aromatic rings. The second-order valence-electron chi connectivity index (χ2n) is 3.22. The van der Waals surface area contributed by atoms with Gasteiger partial charge in [-0.15, -0.1) is 0 Å². The fourth-order valence-electron chi connectivity index (χ4n) is 1.20. The van der Waals surface area contributed by atoms with Crippen molar-refractivity contribution in [1.82, 2.24) is 10.6 Å². The molecule has 0 atom stereocenters. The normalized spacial score (nSPS) is 9.62. The van der Waals surface area contributed by atoms with E-state index in [0.29, 0.717) is 23.0 Å². The van der Waals surface area contributed by atoms with Gasteiger partial charge in [-0.3, -0.25) is 4.79 Å². The lowest BCUT2D eigenvalue weighted by Gasteiger charge is -2.06. The third-order valence-electron chi connectivity index (χ3n) is 2.06. The Morgan fingerprint density at radius 3 is 2.75 bits per heavy atom. The van der Waals surface area contributed by atoms with Crippen LogP contribution in [0.3, 0.4) is 0 Å². The summed E-state index contributed by atoms with van der Waals surface area (Å²) in [5, 5.41) is 6.26. The first-order valence-corrected chi connectivity index (χ1v) is 5.67. The molecule has 86 valence electrons. The summed E-state index contributed by atoms with van der Waals surface area (Å²) in [6.45, 7) is 0. The van der Waals surface area contributed by atoms with Crippen molar-refractivity contribution < 1.29 is 4.79 Å². The van der Waals surface area contributed by atoms with Crippen LogP contribution in [0.4, 0.5) is 0 Å². The number of aryl methyl sites for hydroxylation is 1. The van der Waals surface area contributed by atoms with E-state index in [1.165, 1.54) is 0 Å². The molecule has 0 saturated heterocycles. The number of nitrogens with one attached hydrogen (secondary N) is 2. The quantitative estimate of drug-likeness (QED) is 0.812. The predicted octanol–water partition coefficient (Wildman–Crippen LogP) is 1.89. The second kappa shape index (κ2) is 6.45. The first-order chi connectivity index (χ1) is 7.63. The zero-order valence-corrected chi connectivity index (χ0v) is 10.5. The molecule has 16 heavy (non-hydrogen) atoms.